The molecule has 0 radical (unpaired) electrons. The zero-order valence-corrected chi connectivity index (χ0v) is 14.2. The summed E-state index contributed by atoms with van der Waals surface area (Å²) >= 11 is 3.59. The maximum Gasteiger partial charge on any atom is 0.218 e. The number of ether oxygens (including phenoxy) is 1. The molecule has 0 saturated carbocycles. The van der Waals surface area contributed by atoms with Crippen LogP contribution in [0.2, 0.25) is 0 Å². The summed E-state index contributed by atoms with van der Waals surface area (Å²) in [6, 6.07) is 12.5. The summed E-state index contributed by atoms with van der Waals surface area (Å²) in [5, 5.41) is 3.52. The minimum Gasteiger partial charge on any atom is -0.475 e. The van der Waals surface area contributed by atoms with E-state index in [1.54, 1.807) is 6.20 Å². The Kier molecular flexibility index (Phi) is 5.76. The largest absolute Gasteiger partial charge is 0.475 e. The van der Waals surface area contributed by atoms with Crippen LogP contribution in [0.1, 0.15) is 37.9 Å². The standard InChI is InChI=1S/C17H21BrN2O/c1-12(2)21-17-14(7-6-10-19-17)11-20-13(3)15-8-4-5-9-16(15)18/h4-10,12-13,20H,11H2,1-3H3. The van der Waals surface area contributed by atoms with Crippen molar-refractivity contribution in [2.45, 2.75) is 39.5 Å². The molecule has 4 heteroatoms. The molecule has 0 fully saturated rings. The van der Waals surface area contributed by atoms with Gasteiger partial charge in [-0.25, -0.2) is 4.98 Å². The molecule has 0 aliphatic rings. The SMILES string of the molecule is CC(C)Oc1ncccc1CNC(C)c1ccccc1Br. The molecule has 0 spiro atoms. The van der Waals surface area contributed by atoms with E-state index in [9.17, 15) is 0 Å². The molecule has 1 heterocycles. The first-order valence-electron chi connectivity index (χ1n) is 7.16. The van der Waals surface area contributed by atoms with Gasteiger partial charge < -0.3 is 10.1 Å². The Labute approximate surface area is 134 Å². The van der Waals surface area contributed by atoms with E-state index in [4.69, 9.17) is 4.74 Å². The predicted octanol–water partition coefficient (Wildman–Crippen LogP) is 4.48. The van der Waals surface area contributed by atoms with Gasteiger partial charge in [0, 0.05) is 28.8 Å². The molecule has 1 aromatic carbocycles. The van der Waals surface area contributed by atoms with Gasteiger partial charge in [0.05, 0.1) is 6.10 Å². The van der Waals surface area contributed by atoms with Crippen LogP contribution in [0.25, 0.3) is 0 Å². The molecule has 0 bridgehead atoms. The molecule has 0 aliphatic heterocycles. The first-order valence-corrected chi connectivity index (χ1v) is 7.95. The van der Waals surface area contributed by atoms with E-state index in [1.807, 2.05) is 32.0 Å². The molecular formula is C17H21BrN2O. The van der Waals surface area contributed by atoms with Crippen LogP contribution in [0, 0.1) is 0 Å². The summed E-state index contributed by atoms with van der Waals surface area (Å²) < 4.78 is 6.87. The highest BCUT2D eigenvalue weighted by molar-refractivity contribution is 9.10. The lowest BCUT2D eigenvalue weighted by molar-refractivity contribution is 0.229. The van der Waals surface area contributed by atoms with Crippen molar-refractivity contribution in [3.8, 4) is 5.88 Å². The molecule has 0 saturated heterocycles. The smallest absolute Gasteiger partial charge is 0.218 e. The third-order valence-electron chi connectivity index (χ3n) is 3.17. The van der Waals surface area contributed by atoms with E-state index in [-0.39, 0.29) is 12.1 Å². The number of nitrogens with zero attached hydrogens (tertiary/aromatic N) is 1. The van der Waals surface area contributed by atoms with Crippen molar-refractivity contribution in [1.82, 2.24) is 10.3 Å². The second-order valence-corrected chi connectivity index (χ2v) is 6.11. The highest BCUT2D eigenvalue weighted by Crippen LogP contribution is 2.24. The Bertz CT molecular complexity index is 587. The van der Waals surface area contributed by atoms with E-state index >= 15 is 0 Å². The Morgan fingerprint density at radius 1 is 1.14 bits per heavy atom. The van der Waals surface area contributed by atoms with Gasteiger partial charge in [-0.2, -0.15) is 0 Å². The summed E-state index contributed by atoms with van der Waals surface area (Å²) in [5.74, 6) is 0.708. The van der Waals surface area contributed by atoms with Crippen LogP contribution in [0.15, 0.2) is 47.1 Å². The molecule has 21 heavy (non-hydrogen) atoms. The second-order valence-electron chi connectivity index (χ2n) is 5.26. The molecule has 1 atom stereocenters. The van der Waals surface area contributed by atoms with Crippen LogP contribution in [0.5, 0.6) is 5.88 Å². The van der Waals surface area contributed by atoms with Gasteiger partial charge in [0.1, 0.15) is 0 Å². The minimum absolute atomic E-state index is 0.124. The first kappa shape index (κ1) is 16.0. The van der Waals surface area contributed by atoms with Gasteiger partial charge in [0.2, 0.25) is 5.88 Å². The zero-order chi connectivity index (χ0) is 15.2. The van der Waals surface area contributed by atoms with Crippen molar-refractivity contribution in [3.05, 3.63) is 58.2 Å². The van der Waals surface area contributed by atoms with Crippen molar-refractivity contribution in [2.24, 2.45) is 0 Å². The summed E-state index contributed by atoms with van der Waals surface area (Å²) in [4.78, 5) is 4.32. The summed E-state index contributed by atoms with van der Waals surface area (Å²) in [5.41, 5.74) is 2.32. The van der Waals surface area contributed by atoms with E-state index in [0.29, 0.717) is 5.88 Å². The maximum absolute atomic E-state index is 5.75. The first-order chi connectivity index (χ1) is 10.1. The molecular weight excluding hydrogens is 328 g/mol. The second kappa shape index (κ2) is 7.57. The predicted molar refractivity (Wildman–Crippen MR) is 89.4 cm³/mol. The molecule has 0 aliphatic carbocycles. The summed E-state index contributed by atoms with van der Waals surface area (Å²) in [6.45, 7) is 6.89. The fourth-order valence-corrected chi connectivity index (χ4v) is 2.72. The monoisotopic (exact) mass is 348 g/mol. The number of hydrogen-bond acceptors (Lipinski definition) is 3. The van der Waals surface area contributed by atoms with Gasteiger partial charge in [0.25, 0.3) is 0 Å². The quantitative estimate of drug-likeness (QED) is 0.835. The van der Waals surface area contributed by atoms with E-state index in [2.05, 4.69) is 51.4 Å². The lowest BCUT2D eigenvalue weighted by Gasteiger charge is -2.18. The number of rotatable bonds is 6. The molecule has 2 aromatic rings. The lowest BCUT2D eigenvalue weighted by atomic mass is 10.1. The molecule has 3 nitrogen and oxygen atoms in total. The Morgan fingerprint density at radius 2 is 1.90 bits per heavy atom. The Balaban J connectivity index is 2.05. The molecule has 0 amide bonds. The summed E-state index contributed by atoms with van der Waals surface area (Å²) in [6.07, 6.45) is 1.89. The third kappa shape index (κ3) is 4.55. The number of pyridine rings is 1. The van der Waals surface area contributed by atoms with Crippen LogP contribution in [-0.2, 0) is 6.54 Å². The van der Waals surface area contributed by atoms with Crippen LogP contribution in [0.3, 0.4) is 0 Å². The van der Waals surface area contributed by atoms with Crippen LogP contribution < -0.4 is 10.1 Å². The fraction of sp³-hybridized carbons (Fsp3) is 0.353. The van der Waals surface area contributed by atoms with Crippen molar-refractivity contribution >= 4 is 15.9 Å². The molecule has 2 rings (SSSR count). The maximum atomic E-state index is 5.75. The summed E-state index contributed by atoms with van der Waals surface area (Å²) in [7, 11) is 0. The number of aromatic nitrogens is 1. The molecule has 112 valence electrons. The number of halogens is 1. The fourth-order valence-electron chi connectivity index (χ4n) is 2.09. The van der Waals surface area contributed by atoms with Crippen LogP contribution in [-0.4, -0.2) is 11.1 Å². The number of benzene rings is 1. The van der Waals surface area contributed by atoms with Gasteiger partial charge >= 0.3 is 0 Å². The topological polar surface area (TPSA) is 34.1 Å². The van der Waals surface area contributed by atoms with Crippen molar-refractivity contribution < 1.29 is 4.74 Å². The molecule has 1 unspecified atom stereocenters. The molecule has 1 N–H and O–H groups in total. The van der Waals surface area contributed by atoms with Gasteiger partial charge in [-0.15, -0.1) is 0 Å². The zero-order valence-electron chi connectivity index (χ0n) is 12.6. The van der Waals surface area contributed by atoms with Crippen molar-refractivity contribution in [1.29, 1.82) is 0 Å². The average molecular weight is 349 g/mol. The number of hydrogen-bond donors (Lipinski definition) is 1. The van der Waals surface area contributed by atoms with Crippen LogP contribution in [0.4, 0.5) is 0 Å². The van der Waals surface area contributed by atoms with E-state index < -0.39 is 0 Å². The van der Waals surface area contributed by atoms with Gasteiger partial charge in [-0.1, -0.05) is 40.2 Å². The Morgan fingerprint density at radius 3 is 2.62 bits per heavy atom. The van der Waals surface area contributed by atoms with Gasteiger partial charge in [-0.3, -0.25) is 0 Å². The van der Waals surface area contributed by atoms with Crippen LogP contribution >= 0.6 is 15.9 Å². The lowest BCUT2D eigenvalue weighted by Crippen LogP contribution is -2.20. The van der Waals surface area contributed by atoms with Gasteiger partial charge in [0.15, 0.2) is 0 Å². The van der Waals surface area contributed by atoms with Gasteiger partial charge in [-0.05, 0) is 38.5 Å². The van der Waals surface area contributed by atoms with E-state index in [0.717, 1.165) is 16.6 Å². The highest BCUT2D eigenvalue weighted by Gasteiger charge is 2.11. The van der Waals surface area contributed by atoms with E-state index in [1.165, 1.54) is 5.56 Å². The van der Waals surface area contributed by atoms with Crippen molar-refractivity contribution in [2.75, 3.05) is 0 Å². The molecule has 1 aromatic heterocycles. The normalized spacial score (nSPS) is 12.4. The number of nitrogens with one attached hydrogen (secondary N) is 1. The highest BCUT2D eigenvalue weighted by atomic mass is 79.9. The third-order valence-corrected chi connectivity index (χ3v) is 3.89. The minimum atomic E-state index is 0.124. The van der Waals surface area contributed by atoms with Crippen molar-refractivity contribution in [3.63, 3.8) is 0 Å². The average Bonchev–Trinajstić information content (AvgIpc) is 2.46. The Hall–Kier alpha value is -1.39.